The molecule has 0 saturated carbocycles. The monoisotopic (exact) mass is 374 g/mol. The first-order valence-electron chi connectivity index (χ1n) is 8.92. The minimum absolute atomic E-state index is 0. The average Bonchev–Trinajstić information content (AvgIpc) is 2.56. The van der Waals surface area contributed by atoms with Crippen LogP contribution < -0.4 is 5.30 Å². The van der Waals surface area contributed by atoms with E-state index in [9.17, 15) is 0 Å². The first kappa shape index (κ1) is 23.9. The SMILES string of the molecule is COC(CCCCCCCCc1cc(P)c(C)c(C)c1C)OC.Cl. The van der Waals surface area contributed by atoms with Crippen LogP contribution in [0.25, 0.3) is 0 Å². The average molecular weight is 375 g/mol. The Morgan fingerprint density at radius 3 is 1.96 bits per heavy atom. The molecule has 1 atom stereocenters. The van der Waals surface area contributed by atoms with Gasteiger partial charge >= 0.3 is 0 Å². The van der Waals surface area contributed by atoms with Crippen molar-refractivity contribution in [3.8, 4) is 0 Å². The highest BCUT2D eigenvalue weighted by molar-refractivity contribution is 7.27. The Bertz CT molecular complexity index is 473. The first-order valence-corrected chi connectivity index (χ1v) is 9.49. The van der Waals surface area contributed by atoms with Crippen LogP contribution in [0.15, 0.2) is 6.07 Å². The maximum Gasteiger partial charge on any atom is 0.156 e. The van der Waals surface area contributed by atoms with Gasteiger partial charge in [0.05, 0.1) is 0 Å². The highest BCUT2D eigenvalue weighted by Gasteiger charge is 2.07. The summed E-state index contributed by atoms with van der Waals surface area (Å²) in [5.41, 5.74) is 5.89. The molecule has 140 valence electrons. The summed E-state index contributed by atoms with van der Waals surface area (Å²) in [7, 11) is 6.30. The lowest BCUT2D eigenvalue weighted by Crippen LogP contribution is -2.12. The highest BCUT2D eigenvalue weighted by atomic mass is 35.5. The third kappa shape index (κ3) is 7.83. The molecule has 0 amide bonds. The fraction of sp³-hybridized carbons (Fsp3) is 0.700. The Balaban J connectivity index is 0.00000529. The van der Waals surface area contributed by atoms with Gasteiger partial charge in [-0.2, -0.15) is 0 Å². The third-order valence-corrected chi connectivity index (χ3v) is 5.63. The van der Waals surface area contributed by atoms with Crippen molar-refractivity contribution in [3.63, 3.8) is 0 Å². The predicted molar refractivity (Wildman–Crippen MR) is 111 cm³/mol. The van der Waals surface area contributed by atoms with Crippen LogP contribution >= 0.6 is 21.6 Å². The number of hydrogen-bond acceptors (Lipinski definition) is 2. The van der Waals surface area contributed by atoms with Gasteiger partial charge in [0.1, 0.15) is 0 Å². The van der Waals surface area contributed by atoms with Crippen molar-refractivity contribution in [2.24, 2.45) is 0 Å². The van der Waals surface area contributed by atoms with Crippen molar-refractivity contribution in [1.82, 2.24) is 0 Å². The number of ether oxygens (including phenoxy) is 2. The zero-order chi connectivity index (χ0) is 17.2. The Kier molecular flexibility index (Phi) is 13.0. The van der Waals surface area contributed by atoms with Crippen LogP contribution in [0.4, 0.5) is 0 Å². The first-order chi connectivity index (χ1) is 11.0. The summed E-state index contributed by atoms with van der Waals surface area (Å²) in [5, 5.41) is 1.36. The van der Waals surface area contributed by atoms with Crippen molar-refractivity contribution in [1.29, 1.82) is 0 Å². The minimum Gasteiger partial charge on any atom is -0.356 e. The summed E-state index contributed by atoms with van der Waals surface area (Å²) in [4.78, 5) is 0. The molecule has 24 heavy (non-hydrogen) atoms. The van der Waals surface area contributed by atoms with Crippen molar-refractivity contribution in [3.05, 3.63) is 28.3 Å². The summed E-state index contributed by atoms with van der Waals surface area (Å²) in [6, 6.07) is 2.36. The van der Waals surface area contributed by atoms with E-state index in [1.54, 1.807) is 14.2 Å². The molecule has 0 aliphatic rings. The normalized spacial score (nSPS) is 11.0. The van der Waals surface area contributed by atoms with Gasteiger partial charge in [0, 0.05) is 14.2 Å². The number of halogens is 1. The van der Waals surface area contributed by atoms with E-state index >= 15 is 0 Å². The zero-order valence-electron chi connectivity index (χ0n) is 16.1. The summed E-state index contributed by atoms with van der Waals surface area (Å²) in [6.45, 7) is 6.73. The summed E-state index contributed by atoms with van der Waals surface area (Å²) in [6.07, 6.45) is 9.95. The van der Waals surface area contributed by atoms with Crippen molar-refractivity contribution >= 4 is 27.0 Å². The summed E-state index contributed by atoms with van der Waals surface area (Å²) in [5.74, 6) is 0. The minimum atomic E-state index is -0.0242. The molecule has 0 radical (unpaired) electrons. The quantitative estimate of drug-likeness (QED) is 0.292. The maximum atomic E-state index is 5.21. The van der Waals surface area contributed by atoms with E-state index in [1.165, 1.54) is 72.5 Å². The van der Waals surface area contributed by atoms with Crippen LogP contribution in [0.5, 0.6) is 0 Å². The molecule has 0 fully saturated rings. The second kappa shape index (κ2) is 13.1. The Morgan fingerprint density at radius 2 is 1.38 bits per heavy atom. The fourth-order valence-electron chi connectivity index (χ4n) is 3.07. The van der Waals surface area contributed by atoms with Crippen LogP contribution in [0.1, 0.15) is 67.2 Å². The number of hydrogen-bond donors (Lipinski definition) is 0. The van der Waals surface area contributed by atoms with Crippen molar-refractivity contribution in [2.45, 2.75) is 78.4 Å². The molecule has 0 saturated heterocycles. The molecule has 0 N–H and O–H groups in total. The maximum absolute atomic E-state index is 5.21. The van der Waals surface area contributed by atoms with Crippen LogP contribution in [-0.4, -0.2) is 20.5 Å². The van der Waals surface area contributed by atoms with Crippen LogP contribution in [-0.2, 0) is 15.9 Å². The summed E-state index contributed by atoms with van der Waals surface area (Å²) < 4.78 is 10.4. The lowest BCUT2D eigenvalue weighted by molar-refractivity contribution is -0.107. The standard InChI is InChI=1S/C20H35O2P.ClH/c1-15-16(2)18(14-19(23)17(15)3)12-10-8-6-7-9-11-13-20(21-4)22-5;/h14,20H,6-13,23H2,1-5H3;1H. The Hall–Kier alpha value is -0.140. The number of methoxy groups -OCH3 is 2. The van der Waals surface area contributed by atoms with Gasteiger partial charge in [0.2, 0.25) is 0 Å². The molecule has 0 bridgehead atoms. The van der Waals surface area contributed by atoms with E-state index in [-0.39, 0.29) is 18.7 Å². The van der Waals surface area contributed by atoms with Gasteiger partial charge in [-0.25, -0.2) is 0 Å². The molecule has 1 unspecified atom stereocenters. The van der Waals surface area contributed by atoms with Crippen molar-refractivity contribution in [2.75, 3.05) is 14.2 Å². The van der Waals surface area contributed by atoms with Gasteiger partial charge in [0.15, 0.2) is 6.29 Å². The van der Waals surface area contributed by atoms with Gasteiger partial charge in [0.25, 0.3) is 0 Å². The van der Waals surface area contributed by atoms with Gasteiger partial charge in [-0.3, -0.25) is 0 Å². The zero-order valence-corrected chi connectivity index (χ0v) is 18.1. The second-order valence-corrected chi connectivity index (χ2v) is 7.18. The van der Waals surface area contributed by atoms with Gasteiger partial charge in [-0.05, 0) is 74.0 Å². The molecule has 0 spiro atoms. The smallest absolute Gasteiger partial charge is 0.156 e. The Labute approximate surface area is 157 Å². The second-order valence-electron chi connectivity index (χ2n) is 6.56. The lowest BCUT2D eigenvalue weighted by Gasteiger charge is -2.14. The van der Waals surface area contributed by atoms with Gasteiger partial charge < -0.3 is 9.47 Å². The molecule has 4 heteroatoms. The molecule has 0 aliphatic carbocycles. The van der Waals surface area contributed by atoms with Crippen LogP contribution in [0, 0.1) is 20.8 Å². The molecule has 1 aromatic rings. The lowest BCUT2D eigenvalue weighted by atomic mass is 9.95. The molecule has 0 aromatic heterocycles. The van der Waals surface area contributed by atoms with E-state index in [4.69, 9.17) is 9.47 Å². The largest absolute Gasteiger partial charge is 0.356 e. The number of rotatable bonds is 11. The molecular formula is C20H36ClO2P. The molecule has 0 aliphatic heterocycles. The van der Waals surface area contributed by atoms with Gasteiger partial charge in [-0.15, -0.1) is 21.6 Å². The van der Waals surface area contributed by atoms with Gasteiger partial charge in [-0.1, -0.05) is 31.7 Å². The van der Waals surface area contributed by atoms with E-state index in [1.807, 2.05) is 0 Å². The Morgan fingerprint density at radius 1 is 0.833 bits per heavy atom. The molecule has 2 nitrogen and oxygen atoms in total. The van der Waals surface area contributed by atoms with E-state index in [0.29, 0.717) is 0 Å². The third-order valence-electron chi connectivity index (χ3n) is 5.03. The van der Waals surface area contributed by atoms with Crippen LogP contribution in [0.2, 0.25) is 0 Å². The number of unbranched alkanes of at least 4 members (excludes halogenated alkanes) is 5. The predicted octanol–water partition coefficient (Wildman–Crippen LogP) is 5.43. The number of aryl methyl sites for hydroxylation is 1. The molecule has 1 aromatic carbocycles. The van der Waals surface area contributed by atoms with E-state index in [2.05, 4.69) is 36.1 Å². The van der Waals surface area contributed by atoms with E-state index in [0.717, 1.165) is 6.42 Å². The van der Waals surface area contributed by atoms with Crippen molar-refractivity contribution < 1.29 is 9.47 Å². The summed E-state index contributed by atoms with van der Waals surface area (Å²) >= 11 is 0. The molecule has 0 heterocycles. The fourth-order valence-corrected chi connectivity index (χ4v) is 3.49. The molecule has 1 rings (SSSR count). The van der Waals surface area contributed by atoms with E-state index < -0.39 is 0 Å². The molecular weight excluding hydrogens is 339 g/mol. The topological polar surface area (TPSA) is 18.5 Å². The van der Waals surface area contributed by atoms with Crippen LogP contribution in [0.3, 0.4) is 0 Å². The highest BCUT2D eigenvalue weighted by Crippen LogP contribution is 2.20. The number of benzene rings is 1.